The lowest BCUT2D eigenvalue weighted by atomic mass is 10.1. The lowest BCUT2D eigenvalue weighted by Crippen LogP contribution is -2.20. The van der Waals surface area contributed by atoms with Gasteiger partial charge in [-0.15, -0.1) is 0 Å². The largest absolute Gasteiger partial charge is 0.416 e. The standard InChI is InChI=1S/C19H21F3N4O2/c1-11(12-5-7-14(8-6-12)19(20,21)22)26-18(15(9-27)16(10-28)25-26)24-17(23-2)13-3-4-13/h5-9,11,13,28H,3-4,10H2,1-2H3,(H,23,24). The highest BCUT2D eigenvalue weighted by Gasteiger charge is 2.31. The predicted octanol–water partition coefficient (Wildman–Crippen LogP) is 3.48. The van der Waals surface area contributed by atoms with E-state index >= 15 is 0 Å². The molecule has 1 heterocycles. The monoisotopic (exact) mass is 394 g/mol. The highest BCUT2D eigenvalue weighted by Crippen LogP contribution is 2.35. The molecule has 9 heteroatoms. The molecule has 28 heavy (non-hydrogen) atoms. The summed E-state index contributed by atoms with van der Waals surface area (Å²) < 4.78 is 39.9. The number of carbonyl (C=O) groups excluding carboxylic acids is 1. The molecule has 1 aromatic carbocycles. The van der Waals surface area contributed by atoms with Crippen molar-refractivity contribution in [1.29, 1.82) is 0 Å². The van der Waals surface area contributed by atoms with E-state index in [-0.39, 0.29) is 23.0 Å². The summed E-state index contributed by atoms with van der Waals surface area (Å²) in [5, 5.41) is 16.9. The summed E-state index contributed by atoms with van der Waals surface area (Å²) in [6.07, 6.45) is -1.84. The molecular formula is C19H21F3N4O2. The number of carbonyl (C=O) groups is 1. The molecule has 1 atom stereocenters. The van der Waals surface area contributed by atoms with Gasteiger partial charge in [-0.2, -0.15) is 18.3 Å². The molecule has 0 bridgehead atoms. The first-order valence-electron chi connectivity index (χ1n) is 8.91. The van der Waals surface area contributed by atoms with E-state index in [4.69, 9.17) is 0 Å². The van der Waals surface area contributed by atoms with E-state index in [0.717, 1.165) is 25.0 Å². The summed E-state index contributed by atoms with van der Waals surface area (Å²) in [5.74, 6) is 1.28. The fraction of sp³-hybridized carbons (Fsp3) is 0.421. The molecule has 6 nitrogen and oxygen atoms in total. The number of hydrogen-bond donors (Lipinski definition) is 2. The first kappa shape index (κ1) is 20.1. The number of alkyl halides is 3. The van der Waals surface area contributed by atoms with Crippen LogP contribution < -0.4 is 5.32 Å². The number of aldehydes is 1. The van der Waals surface area contributed by atoms with Gasteiger partial charge in [-0.05, 0) is 37.5 Å². The first-order valence-corrected chi connectivity index (χ1v) is 8.91. The number of amidine groups is 1. The zero-order valence-electron chi connectivity index (χ0n) is 15.5. The molecule has 2 aromatic rings. The number of hydrogen-bond acceptors (Lipinski definition) is 4. The molecule has 1 aliphatic carbocycles. The van der Waals surface area contributed by atoms with Gasteiger partial charge in [-0.3, -0.25) is 4.79 Å². The summed E-state index contributed by atoms with van der Waals surface area (Å²) in [7, 11) is 1.74. The zero-order chi connectivity index (χ0) is 20.5. The number of aliphatic imine (C=N–C) groups is 1. The van der Waals surface area contributed by atoms with Crippen molar-refractivity contribution in [3.63, 3.8) is 0 Å². The maximum absolute atomic E-state index is 12.8. The maximum atomic E-state index is 12.8. The normalized spacial score (nSPS) is 16.1. The van der Waals surface area contributed by atoms with Gasteiger partial charge in [0.25, 0.3) is 0 Å². The van der Waals surface area contributed by atoms with Crippen LogP contribution in [-0.4, -0.2) is 34.1 Å². The lowest BCUT2D eigenvalue weighted by Gasteiger charge is -2.16. The van der Waals surface area contributed by atoms with Crippen LogP contribution in [0.2, 0.25) is 0 Å². The van der Waals surface area contributed by atoms with E-state index in [0.29, 0.717) is 17.7 Å². The van der Waals surface area contributed by atoms with Crippen LogP contribution in [0.3, 0.4) is 0 Å². The SMILES string of the molecule is CN/C(=N\c1c(C=O)c(CO)nn1C(C)c1ccc(C(F)(F)F)cc1)C1CC1. The Bertz CT molecular complexity index is 884. The number of nitrogens with one attached hydrogen (secondary N) is 1. The summed E-state index contributed by atoms with van der Waals surface area (Å²) >= 11 is 0. The minimum absolute atomic E-state index is 0.176. The predicted molar refractivity (Wildman–Crippen MR) is 97.7 cm³/mol. The number of halogens is 3. The van der Waals surface area contributed by atoms with Crippen LogP contribution in [0.15, 0.2) is 29.3 Å². The Morgan fingerprint density at radius 1 is 1.39 bits per heavy atom. The number of nitrogens with zero attached hydrogens (tertiary/aromatic N) is 3. The van der Waals surface area contributed by atoms with Gasteiger partial charge in [0.1, 0.15) is 11.5 Å². The smallest absolute Gasteiger partial charge is 0.390 e. The van der Waals surface area contributed by atoms with Crippen LogP contribution in [0, 0.1) is 5.92 Å². The van der Waals surface area contributed by atoms with Crippen molar-refractivity contribution in [3.05, 3.63) is 46.6 Å². The molecule has 150 valence electrons. The topological polar surface area (TPSA) is 79.5 Å². The molecule has 0 spiro atoms. The summed E-state index contributed by atoms with van der Waals surface area (Å²) in [6, 6.07) is 4.28. The highest BCUT2D eigenvalue weighted by atomic mass is 19.4. The Morgan fingerprint density at radius 2 is 2.04 bits per heavy atom. The molecule has 3 rings (SSSR count). The molecule has 1 aromatic heterocycles. The molecule has 1 saturated carbocycles. The van der Waals surface area contributed by atoms with Gasteiger partial charge in [-0.25, -0.2) is 9.67 Å². The van der Waals surface area contributed by atoms with Crippen molar-refractivity contribution in [2.24, 2.45) is 10.9 Å². The number of aliphatic hydroxyl groups is 1. The van der Waals surface area contributed by atoms with E-state index < -0.39 is 24.4 Å². The zero-order valence-corrected chi connectivity index (χ0v) is 15.5. The van der Waals surface area contributed by atoms with Gasteiger partial charge in [0.15, 0.2) is 12.1 Å². The quantitative estimate of drug-likeness (QED) is 0.447. The summed E-state index contributed by atoms with van der Waals surface area (Å²) in [4.78, 5) is 16.2. The summed E-state index contributed by atoms with van der Waals surface area (Å²) in [5.41, 5.74) is 0.192. The molecule has 0 amide bonds. The van der Waals surface area contributed by atoms with Gasteiger partial charge in [0.05, 0.1) is 23.8 Å². The second kappa shape index (κ2) is 7.75. The van der Waals surface area contributed by atoms with Crippen molar-refractivity contribution >= 4 is 17.9 Å². The fourth-order valence-electron chi connectivity index (χ4n) is 3.02. The second-order valence-corrected chi connectivity index (χ2v) is 6.72. The second-order valence-electron chi connectivity index (χ2n) is 6.72. The minimum Gasteiger partial charge on any atom is -0.390 e. The van der Waals surface area contributed by atoms with Gasteiger partial charge >= 0.3 is 6.18 Å². The average molecular weight is 394 g/mol. The minimum atomic E-state index is -4.41. The van der Waals surface area contributed by atoms with Crippen molar-refractivity contribution in [3.8, 4) is 0 Å². The van der Waals surface area contributed by atoms with Crippen LogP contribution in [-0.2, 0) is 12.8 Å². The van der Waals surface area contributed by atoms with E-state index in [1.807, 2.05) is 0 Å². The third kappa shape index (κ3) is 3.94. The first-order chi connectivity index (χ1) is 13.3. The molecule has 2 N–H and O–H groups in total. The number of benzene rings is 1. The Hall–Kier alpha value is -2.68. The van der Waals surface area contributed by atoms with Gasteiger partial charge in [0.2, 0.25) is 0 Å². The van der Waals surface area contributed by atoms with Crippen LogP contribution in [0.1, 0.15) is 53.0 Å². The molecule has 0 aliphatic heterocycles. The van der Waals surface area contributed by atoms with Crippen LogP contribution >= 0.6 is 0 Å². The number of rotatable bonds is 6. The van der Waals surface area contributed by atoms with Crippen LogP contribution in [0.5, 0.6) is 0 Å². The van der Waals surface area contributed by atoms with E-state index in [1.165, 1.54) is 16.8 Å². The molecule has 0 saturated heterocycles. The lowest BCUT2D eigenvalue weighted by molar-refractivity contribution is -0.137. The van der Waals surface area contributed by atoms with Gasteiger partial charge < -0.3 is 10.4 Å². The van der Waals surface area contributed by atoms with E-state index in [1.54, 1.807) is 14.0 Å². The summed E-state index contributed by atoms with van der Waals surface area (Å²) in [6.45, 7) is 1.31. The van der Waals surface area contributed by atoms with Crippen molar-refractivity contribution in [2.45, 2.75) is 38.6 Å². The molecule has 1 aliphatic rings. The number of aliphatic hydroxyl groups excluding tert-OH is 1. The Labute approximate surface area is 160 Å². The molecule has 0 radical (unpaired) electrons. The van der Waals surface area contributed by atoms with Gasteiger partial charge in [0, 0.05) is 13.0 Å². The van der Waals surface area contributed by atoms with Crippen LogP contribution in [0.4, 0.5) is 19.0 Å². The fourth-order valence-corrected chi connectivity index (χ4v) is 3.02. The van der Waals surface area contributed by atoms with Gasteiger partial charge in [-0.1, -0.05) is 12.1 Å². The third-order valence-corrected chi connectivity index (χ3v) is 4.80. The maximum Gasteiger partial charge on any atom is 0.416 e. The van der Waals surface area contributed by atoms with Crippen molar-refractivity contribution < 1.29 is 23.1 Å². The Kier molecular flexibility index (Phi) is 5.55. The highest BCUT2D eigenvalue weighted by molar-refractivity contribution is 5.91. The van der Waals surface area contributed by atoms with E-state index in [2.05, 4.69) is 15.4 Å². The van der Waals surface area contributed by atoms with Crippen molar-refractivity contribution in [1.82, 2.24) is 15.1 Å². The Morgan fingerprint density at radius 3 is 2.50 bits per heavy atom. The Balaban J connectivity index is 2.05. The third-order valence-electron chi connectivity index (χ3n) is 4.80. The number of aromatic nitrogens is 2. The van der Waals surface area contributed by atoms with Crippen molar-refractivity contribution in [2.75, 3.05) is 7.05 Å². The molecular weight excluding hydrogens is 373 g/mol. The molecule has 1 unspecified atom stereocenters. The average Bonchev–Trinajstić information content (AvgIpc) is 3.46. The van der Waals surface area contributed by atoms with E-state index in [9.17, 15) is 23.1 Å². The molecule has 1 fully saturated rings. The van der Waals surface area contributed by atoms with Crippen LogP contribution in [0.25, 0.3) is 0 Å².